The fourth-order valence-corrected chi connectivity index (χ4v) is 2.87. The highest BCUT2D eigenvalue weighted by Crippen LogP contribution is 2.30. The van der Waals surface area contributed by atoms with Crippen LogP contribution in [0.25, 0.3) is 0 Å². The van der Waals surface area contributed by atoms with Crippen molar-refractivity contribution in [1.29, 1.82) is 0 Å². The molecule has 0 saturated heterocycles. The number of nitrogens with zero attached hydrogens (tertiary/aromatic N) is 1. The maximum absolute atomic E-state index is 4.58. The summed E-state index contributed by atoms with van der Waals surface area (Å²) in [6.45, 7) is 0. The van der Waals surface area contributed by atoms with E-state index in [1.54, 1.807) is 0 Å². The number of imidazole rings is 1. The zero-order valence-electron chi connectivity index (χ0n) is 10.7. The lowest BCUT2D eigenvalue weighted by atomic mass is 9.89. The van der Waals surface area contributed by atoms with Crippen molar-refractivity contribution in [2.75, 3.05) is 0 Å². The third kappa shape index (κ3) is 2.63. The third-order valence-electron chi connectivity index (χ3n) is 3.88. The van der Waals surface area contributed by atoms with Gasteiger partial charge in [-0.15, -0.1) is 0 Å². The number of benzene rings is 1. The molecule has 3 rings (SSSR count). The first-order valence-electron chi connectivity index (χ1n) is 6.99. The van der Waals surface area contributed by atoms with Gasteiger partial charge in [0.05, 0.1) is 0 Å². The number of nitrogens with one attached hydrogen (secondary N) is 1. The molecule has 1 fully saturated rings. The van der Waals surface area contributed by atoms with Crippen molar-refractivity contribution in [1.82, 2.24) is 9.97 Å². The lowest BCUT2D eigenvalue weighted by molar-refractivity contribution is 0.430. The highest BCUT2D eigenvalue weighted by atomic mass is 14.9. The molecule has 1 heterocycles. The second-order valence-corrected chi connectivity index (χ2v) is 5.29. The monoisotopic (exact) mass is 240 g/mol. The summed E-state index contributed by atoms with van der Waals surface area (Å²) in [7, 11) is 0. The van der Waals surface area contributed by atoms with Crippen molar-refractivity contribution in [2.24, 2.45) is 0 Å². The van der Waals surface area contributed by atoms with E-state index in [2.05, 4.69) is 40.3 Å². The van der Waals surface area contributed by atoms with E-state index in [0.717, 1.165) is 6.42 Å². The van der Waals surface area contributed by atoms with Crippen LogP contribution in [0.2, 0.25) is 0 Å². The standard InChI is InChI=1S/C16H20N2/c1-3-7-13(8-4-1)11-15-12-17-16(18-15)14-9-5-2-6-10-14/h1,3-4,7-8,12,14H,2,5-6,9-11H2,(H,17,18). The smallest absolute Gasteiger partial charge is 0.109 e. The molecule has 0 atom stereocenters. The Labute approximate surface area is 108 Å². The molecule has 18 heavy (non-hydrogen) atoms. The second-order valence-electron chi connectivity index (χ2n) is 5.29. The SMILES string of the molecule is c1ccc(Cc2cnc(C3CCCCC3)[nH]2)cc1. The molecule has 2 aromatic rings. The molecule has 2 heteroatoms. The fraction of sp³-hybridized carbons (Fsp3) is 0.438. The average molecular weight is 240 g/mol. The molecule has 94 valence electrons. The molecule has 1 N–H and O–H groups in total. The molecule has 1 aliphatic rings. The topological polar surface area (TPSA) is 28.7 Å². The Morgan fingerprint density at radius 2 is 1.83 bits per heavy atom. The van der Waals surface area contributed by atoms with Gasteiger partial charge in [-0.05, 0) is 18.4 Å². The number of aromatic nitrogens is 2. The summed E-state index contributed by atoms with van der Waals surface area (Å²) in [5.74, 6) is 1.88. The van der Waals surface area contributed by atoms with Crippen LogP contribution in [0, 0.1) is 0 Å². The summed E-state index contributed by atoms with van der Waals surface area (Å²) in [6, 6.07) is 10.6. The number of hydrogen-bond donors (Lipinski definition) is 1. The van der Waals surface area contributed by atoms with Crippen LogP contribution < -0.4 is 0 Å². The van der Waals surface area contributed by atoms with E-state index >= 15 is 0 Å². The number of rotatable bonds is 3. The Bertz CT molecular complexity index is 481. The Hall–Kier alpha value is -1.57. The van der Waals surface area contributed by atoms with Crippen LogP contribution in [0.15, 0.2) is 36.5 Å². The summed E-state index contributed by atoms with van der Waals surface area (Å²) in [5.41, 5.74) is 2.58. The van der Waals surface area contributed by atoms with E-state index in [9.17, 15) is 0 Å². The normalized spacial score (nSPS) is 16.9. The van der Waals surface area contributed by atoms with Crippen molar-refractivity contribution in [3.8, 4) is 0 Å². The highest BCUT2D eigenvalue weighted by molar-refractivity contribution is 5.21. The van der Waals surface area contributed by atoms with Crippen molar-refractivity contribution < 1.29 is 0 Å². The largest absolute Gasteiger partial charge is 0.345 e. The van der Waals surface area contributed by atoms with Crippen molar-refractivity contribution in [2.45, 2.75) is 44.4 Å². The molecule has 0 bridgehead atoms. The quantitative estimate of drug-likeness (QED) is 0.861. The lowest BCUT2D eigenvalue weighted by Gasteiger charge is -2.19. The first-order valence-corrected chi connectivity index (χ1v) is 6.99. The zero-order valence-corrected chi connectivity index (χ0v) is 10.7. The third-order valence-corrected chi connectivity index (χ3v) is 3.88. The molecular formula is C16H20N2. The summed E-state index contributed by atoms with van der Waals surface area (Å²) in [6.07, 6.45) is 9.70. The van der Waals surface area contributed by atoms with Gasteiger partial charge in [0.15, 0.2) is 0 Å². The Balaban J connectivity index is 1.69. The van der Waals surface area contributed by atoms with Crippen LogP contribution in [0.3, 0.4) is 0 Å². The van der Waals surface area contributed by atoms with Crippen molar-refractivity contribution in [3.63, 3.8) is 0 Å². The van der Waals surface area contributed by atoms with Gasteiger partial charge in [-0.2, -0.15) is 0 Å². The Morgan fingerprint density at radius 1 is 1.06 bits per heavy atom. The molecule has 0 unspecified atom stereocenters. The molecule has 0 radical (unpaired) electrons. The number of hydrogen-bond acceptors (Lipinski definition) is 1. The van der Waals surface area contributed by atoms with Gasteiger partial charge in [-0.3, -0.25) is 0 Å². The average Bonchev–Trinajstić information content (AvgIpc) is 2.89. The van der Waals surface area contributed by atoms with Crippen LogP contribution in [0.1, 0.15) is 55.1 Å². The minimum atomic E-state index is 0.670. The Kier molecular flexibility index (Phi) is 3.44. The van der Waals surface area contributed by atoms with Gasteiger partial charge >= 0.3 is 0 Å². The summed E-state index contributed by atoms with van der Waals surface area (Å²) >= 11 is 0. The van der Waals surface area contributed by atoms with Crippen molar-refractivity contribution >= 4 is 0 Å². The molecule has 2 nitrogen and oxygen atoms in total. The molecule has 1 saturated carbocycles. The first kappa shape index (κ1) is 11.5. The molecule has 1 aliphatic carbocycles. The maximum Gasteiger partial charge on any atom is 0.109 e. The minimum absolute atomic E-state index is 0.670. The molecule has 0 aliphatic heterocycles. The van der Waals surface area contributed by atoms with E-state index < -0.39 is 0 Å². The second kappa shape index (κ2) is 5.38. The van der Waals surface area contributed by atoms with Gasteiger partial charge in [0, 0.05) is 24.2 Å². The van der Waals surface area contributed by atoms with E-state index in [1.165, 1.54) is 49.2 Å². The van der Waals surface area contributed by atoms with E-state index in [4.69, 9.17) is 0 Å². The van der Waals surface area contributed by atoms with E-state index in [-0.39, 0.29) is 0 Å². The van der Waals surface area contributed by atoms with Crippen LogP contribution in [0.4, 0.5) is 0 Å². The predicted molar refractivity (Wildman–Crippen MR) is 73.7 cm³/mol. The van der Waals surface area contributed by atoms with Crippen LogP contribution in [0.5, 0.6) is 0 Å². The van der Waals surface area contributed by atoms with E-state index in [1.807, 2.05) is 6.20 Å². The lowest BCUT2D eigenvalue weighted by Crippen LogP contribution is -2.06. The van der Waals surface area contributed by atoms with Gasteiger partial charge in [0.1, 0.15) is 5.82 Å². The van der Waals surface area contributed by atoms with Gasteiger partial charge in [0.2, 0.25) is 0 Å². The first-order chi connectivity index (χ1) is 8.92. The van der Waals surface area contributed by atoms with Gasteiger partial charge in [-0.25, -0.2) is 4.98 Å². The van der Waals surface area contributed by atoms with Gasteiger partial charge in [0.25, 0.3) is 0 Å². The van der Waals surface area contributed by atoms with Crippen LogP contribution in [-0.2, 0) is 6.42 Å². The highest BCUT2D eigenvalue weighted by Gasteiger charge is 2.18. The molecule has 1 aromatic heterocycles. The van der Waals surface area contributed by atoms with Gasteiger partial charge in [-0.1, -0.05) is 49.6 Å². The summed E-state index contributed by atoms with van der Waals surface area (Å²) in [5, 5.41) is 0. The number of H-pyrrole nitrogens is 1. The maximum atomic E-state index is 4.58. The number of aromatic amines is 1. The fourth-order valence-electron chi connectivity index (χ4n) is 2.87. The summed E-state index contributed by atoms with van der Waals surface area (Å²) < 4.78 is 0. The molecule has 0 spiro atoms. The Morgan fingerprint density at radius 3 is 2.61 bits per heavy atom. The van der Waals surface area contributed by atoms with Crippen LogP contribution in [-0.4, -0.2) is 9.97 Å². The molecule has 0 amide bonds. The summed E-state index contributed by atoms with van der Waals surface area (Å²) in [4.78, 5) is 8.10. The zero-order chi connectivity index (χ0) is 12.2. The molecular weight excluding hydrogens is 220 g/mol. The van der Waals surface area contributed by atoms with Gasteiger partial charge < -0.3 is 4.98 Å². The molecule has 1 aromatic carbocycles. The van der Waals surface area contributed by atoms with Crippen molar-refractivity contribution in [3.05, 3.63) is 53.6 Å². The minimum Gasteiger partial charge on any atom is -0.345 e. The predicted octanol–water partition coefficient (Wildman–Crippen LogP) is 4.05. The van der Waals surface area contributed by atoms with E-state index in [0.29, 0.717) is 5.92 Å². The van der Waals surface area contributed by atoms with Crippen LogP contribution >= 0.6 is 0 Å².